The van der Waals surface area contributed by atoms with Crippen molar-refractivity contribution in [2.24, 2.45) is 0 Å². The fourth-order valence-corrected chi connectivity index (χ4v) is 3.35. The van der Waals surface area contributed by atoms with E-state index in [1.807, 2.05) is 25.3 Å². The van der Waals surface area contributed by atoms with E-state index < -0.39 is 5.60 Å². The minimum absolute atomic E-state index is 0.153. The third-order valence-electron chi connectivity index (χ3n) is 4.75. The van der Waals surface area contributed by atoms with Gasteiger partial charge in [0.25, 0.3) is 5.91 Å². The van der Waals surface area contributed by atoms with Gasteiger partial charge in [-0.15, -0.1) is 0 Å². The van der Waals surface area contributed by atoms with E-state index in [2.05, 4.69) is 28.5 Å². The van der Waals surface area contributed by atoms with E-state index in [9.17, 15) is 9.59 Å². The predicted molar refractivity (Wildman–Crippen MR) is 106 cm³/mol. The van der Waals surface area contributed by atoms with Gasteiger partial charge in [-0.2, -0.15) is 0 Å². The maximum atomic E-state index is 12.4. The molecule has 0 aliphatic carbocycles. The number of imidazole rings is 1. The van der Waals surface area contributed by atoms with E-state index in [0.717, 1.165) is 18.4 Å². The highest BCUT2D eigenvalue weighted by Gasteiger charge is 2.24. The molecule has 7 heteroatoms. The number of hydrogen-bond donors (Lipinski definition) is 1. The normalized spacial score (nSPS) is 14.2. The van der Waals surface area contributed by atoms with Crippen molar-refractivity contribution >= 4 is 12.0 Å². The zero-order chi connectivity index (χ0) is 20.3. The van der Waals surface area contributed by atoms with Gasteiger partial charge in [0.2, 0.25) is 0 Å². The van der Waals surface area contributed by atoms with Crippen LogP contribution in [0.1, 0.15) is 48.0 Å². The van der Waals surface area contributed by atoms with Crippen LogP contribution in [-0.2, 0) is 24.1 Å². The number of ether oxygens (including phenoxy) is 1. The molecule has 1 aliphatic rings. The van der Waals surface area contributed by atoms with Crippen LogP contribution >= 0.6 is 0 Å². The molecule has 3 rings (SSSR count). The maximum absolute atomic E-state index is 12.4. The molecule has 150 valence electrons. The van der Waals surface area contributed by atoms with Crippen LogP contribution in [0.25, 0.3) is 0 Å². The lowest BCUT2D eigenvalue weighted by Crippen LogP contribution is -2.38. The van der Waals surface area contributed by atoms with Crippen molar-refractivity contribution in [1.82, 2.24) is 19.8 Å². The molecule has 28 heavy (non-hydrogen) atoms. The summed E-state index contributed by atoms with van der Waals surface area (Å²) in [4.78, 5) is 30.2. The summed E-state index contributed by atoms with van der Waals surface area (Å²) in [5.74, 6) is -0.153. The Kier molecular flexibility index (Phi) is 5.72. The van der Waals surface area contributed by atoms with Crippen molar-refractivity contribution in [2.75, 3.05) is 20.1 Å². The second-order valence-corrected chi connectivity index (χ2v) is 8.06. The SMILES string of the molecule is CNC(=O)c1cncn1Cc1ccc2c(c1)CCN(C(=O)OC(C)(C)C)CC2. The Morgan fingerprint density at radius 2 is 1.89 bits per heavy atom. The van der Waals surface area contributed by atoms with Crippen LogP contribution in [0.5, 0.6) is 0 Å². The molecule has 1 aromatic heterocycles. The fourth-order valence-electron chi connectivity index (χ4n) is 3.35. The van der Waals surface area contributed by atoms with Crippen LogP contribution in [0, 0.1) is 0 Å². The summed E-state index contributed by atoms with van der Waals surface area (Å²) in [7, 11) is 1.61. The van der Waals surface area contributed by atoms with Gasteiger partial charge in [-0.3, -0.25) is 4.79 Å². The van der Waals surface area contributed by atoms with Crippen LogP contribution in [0.4, 0.5) is 4.79 Å². The number of nitrogens with one attached hydrogen (secondary N) is 1. The lowest BCUT2D eigenvalue weighted by atomic mass is 10.00. The second kappa shape index (κ2) is 8.04. The van der Waals surface area contributed by atoms with Crippen LogP contribution in [-0.4, -0.2) is 52.2 Å². The van der Waals surface area contributed by atoms with Crippen molar-refractivity contribution in [3.05, 3.63) is 53.1 Å². The van der Waals surface area contributed by atoms with Gasteiger partial charge in [0.05, 0.1) is 12.5 Å². The highest BCUT2D eigenvalue weighted by atomic mass is 16.6. The van der Waals surface area contributed by atoms with Crippen molar-refractivity contribution in [2.45, 2.75) is 45.8 Å². The van der Waals surface area contributed by atoms with Crippen LogP contribution in [0.2, 0.25) is 0 Å². The minimum Gasteiger partial charge on any atom is -0.444 e. The van der Waals surface area contributed by atoms with Crippen molar-refractivity contribution < 1.29 is 14.3 Å². The Balaban J connectivity index is 1.71. The summed E-state index contributed by atoms with van der Waals surface area (Å²) in [6.07, 6.45) is 4.58. The van der Waals surface area contributed by atoms with E-state index in [-0.39, 0.29) is 12.0 Å². The first-order valence-corrected chi connectivity index (χ1v) is 9.57. The largest absolute Gasteiger partial charge is 0.444 e. The van der Waals surface area contributed by atoms with Crippen LogP contribution in [0.3, 0.4) is 0 Å². The summed E-state index contributed by atoms with van der Waals surface area (Å²) < 4.78 is 7.35. The van der Waals surface area contributed by atoms with E-state index in [0.29, 0.717) is 25.3 Å². The molecule has 2 aromatic rings. The second-order valence-electron chi connectivity index (χ2n) is 8.06. The molecule has 0 spiro atoms. The molecule has 2 amide bonds. The minimum atomic E-state index is -0.489. The number of benzene rings is 1. The number of fused-ring (bicyclic) bond motifs is 1. The molecule has 0 unspecified atom stereocenters. The van der Waals surface area contributed by atoms with Gasteiger partial charge in [-0.1, -0.05) is 18.2 Å². The molecular weight excluding hydrogens is 356 g/mol. The zero-order valence-electron chi connectivity index (χ0n) is 17.0. The van der Waals surface area contributed by atoms with E-state index in [1.54, 1.807) is 24.5 Å². The molecule has 0 fully saturated rings. The Morgan fingerprint density at radius 3 is 2.57 bits per heavy atom. The molecule has 0 atom stereocenters. The Morgan fingerprint density at radius 1 is 1.18 bits per heavy atom. The van der Waals surface area contributed by atoms with Gasteiger partial charge >= 0.3 is 6.09 Å². The average Bonchev–Trinajstić information content (AvgIpc) is 2.97. The van der Waals surface area contributed by atoms with E-state index >= 15 is 0 Å². The fraction of sp³-hybridized carbons (Fsp3) is 0.476. The molecule has 0 radical (unpaired) electrons. The Labute approximate surface area is 165 Å². The van der Waals surface area contributed by atoms with Gasteiger partial charge in [0.1, 0.15) is 11.3 Å². The first-order valence-electron chi connectivity index (χ1n) is 9.57. The third-order valence-corrected chi connectivity index (χ3v) is 4.75. The summed E-state index contributed by atoms with van der Waals surface area (Å²) >= 11 is 0. The molecule has 0 saturated carbocycles. The first-order chi connectivity index (χ1) is 13.3. The van der Waals surface area contributed by atoms with Gasteiger partial charge in [0, 0.05) is 26.7 Å². The highest BCUT2D eigenvalue weighted by Crippen LogP contribution is 2.20. The third kappa shape index (κ3) is 4.71. The average molecular weight is 384 g/mol. The molecule has 2 heterocycles. The molecule has 7 nitrogen and oxygen atoms in total. The van der Waals surface area contributed by atoms with Gasteiger partial charge in [-0.05, 0) is 50.3 Å². The van der Waals surface area contributed by atoms with Crippen molar-refractivity contribution in [3.8, 4) is 0 Å². The standard InChI is InChI=1S/C21H28N4O3/c1-21(2,3)28-20(27)24-9-7-16-6-5-15(11-17(16)8-10-24)13-25-14-23-12-18(25)19(26)22-4/h5-6,11-12,14H,7-10,13H2,1-4H3,(H,22,26). The predicted octanol–water partition coefficient (Wildman–Crippen LogP) is 2.63. The van der Waals surface area contributed by atoms with Gasteiger partial charge < -0.3 is 19.5 Å². The lowest BCUT2D eigenvalue weighted by molar-refractivity contribution is 0.0258. The number of aromatic nitrogens is 2. The van der Waals surface area contributed by atoms with Crippen molar-refractivity contribution in [3.63, 3.8) is 0 Å². The quantitative estimate of drug-likeness (QED) is 0.883. The monoisotopic (exact) mass is 384 g/mol. The smallest absolute Gasteiger partial charge is 0.410 e. The summed E-state index contributed by atoms with van der Waals surface area (Å²) in [6.45, 7) is 7.52. The summed E-state index contributed by atoms with van der Waals surface area (Å²) in [5, 5.41) is 2.63. The Bertz CT molecular complexity index is 867. The maximum Gasteiger partial charge on any atom is 0.410 e. The number of amides is 2. The van der Waals surface area contributed by atoms with Crippen LogP contribution < -0.4 is 5.32 Å². The van der Waals surface area contributed by atoms with Crippen molar-refractivity contribution in [1.29, 1.82) is 0 Å². The molecule has 1 N–H and O–H groups in total. The number of nitrogens with zero attached hydrogens (tertiary/aromatic N) is 3. The molecule has 1 aliphatic heterocycles. The summed E-state index contributed by atoms with van der Waals surface area (Å²) in [5.41, 5.74) is 3.65. The van der Waals surface area contributed by atoms with E-state index in [4.69, 9.17) is 4.74 Å². The first kappa shape index (κ1) is 19.9. The van der Waals surface area contributed by atoms with Crippen LogP contribution in [0.15, 0.2) is 30.7 Å². The van der Waals surface area contributed by atoms with Gasteiger partial charge in [0.15, 0.2) is 0 Å². The highest BCUT2D eigenvalue weighted by molar-refractivity contribution is 5.92. The molecular formula is C21H28N4O3. The van der Waals surface area contributed by atoms with Gasteiger partial charge in [-0.25, -0.2) is 9.78 Å². The molecule has 0 saturated heterocycles. The number of hydrogen-bond acceptors (Lipinski definition) is 4. The number of carbonyl (C=O) groups excluding carboxylic acids is 2. The number of carbonyl (C=O) groups is 2. The molecule has 0 bridgehead atoms. The Hall–Kier alpha value is -2.83. The van der Waals surface area contributed by atoms with E-state index in [1.165, 1.54) is 11.1 Å². The zero-order valence-corrected chi connectivity index (χ0v) is 17.0. The lowest BCUT2D eigenvalue weighted by Gasteiger charge is -2.26. The topological polar surface area (TPSA) is 76.5 Å². The molecule has 1 aromatic carbocycles. The number of rotatable bonds is 3. The summed E-state index contributed by atoms with van der Waals surface area (Å²) in [6, 6.07) is 6.37.